The number of halogens is 2. The highest BCUT2D eigenvalue weighted by molar-refractivity contribution is 6.45. The van der Waals surface area contributed by atoms with Gasteiger partial charge in [-0.15, -0.1) is 0 Å². The molecule has 0 atom stereocenters. The van der Waals surface area contributed by atoms with Crippen LogP contribution in [0.4, 0.5) is 0 Å². The molecule has 1 heterocycles. The first kappa shape index (κ1) is 9.26. The lowest BCUT2D eigenvalue weighted by atomic mass is 10.1. The van der Waals surface area contributed by atoms with Crippen molar-refractivity contribution in [1.29, 1.82) is 5.26 Å². The van der Waals surface area contributed by atoms with E-state index in [1.54, 1.807) is 18.3 Å². The monoisotopic (exact) mass is 222 g/mol. The second kappa shape index (κ2) is 3.45. The molecular formula is C10H4Cl2N2. The van der Waals surface area contributed by atoms with E-state index >= 15 is 0 Å². The first-order chi connectivity index (χ1) is 6.74. The molecule has 0 radical (unpaired) electrons. The lowest BCUT2D eigenvalue weighted by Gasteiger charge is -2.02. The number of benzene rings is 1. The van der Waals surface area contributed by atoms with Gasteiger partial charge in [0.15, 0.2) is 0 Å². The first-order valence-corrected chi connectivity index (χ1v) is 4.61. The van der Waals surface area contributed by atoms with Gasteiger partial charge in [0.25, 0.3) is 0 Å². The van der Waals surface area contributed by atoms with Gasteiger partial charge in [-0.1, -0.05) is 29.3 Å². The van der Waals surface area contributed by atoms with Crippen LogP contribution in [0.25, 0.3) is 10.8 Å². The van der Waals surface area contributed by atoms with Crippen molar-refractivity contribution in [3.63, 3.8) is 0 Å². The normalized spacial score (nSPS) is 10.1. The largest absolute Gasteiger partial charge is 0.263 e. The molecule has 2 aromatic rings. The molecule has 0 aliphatic carbocycles. The summed E-state index contributed by atoms with van der Waals surface area (Å²) in [5.74, 6) is 0. The summed E-state index contributed by atoms with van der Waals surface area (Å²) >= 11 is 11.8. The molecule has 0 saturated heterocycles. The van der Waals surface area contributed by atoms with Gasteiger partial charge in [-0.05, 0) is 6.07 Å². The third-order valence-electron chi connectivity index (χ3n) is 1.95. The first-order valence-electron chi connectivity index (χ1n) is 3.86. The van der Waals surface area contributed by atoms with E-state index < -0.39 is 0 Å². The predicted octanol–water partition coefficient (Wildman–Crippen LogP) is 3.41. The third-order valence-corrected chi connectivity index (χ3v) is 2.77. The molecular weight excluding hydrogens is 219 g/mol. The fourth-order valence-electron chi connectivity index (χ4n) is 1.27. The Morgan fingerprint density at radius 3 is 2.64 bits per heavy atom. The average molecular weight is 223 g/mol. The van der Waals surface area contributed by atoms with Crippen LogP contribution in [0.15, 0.2) is 24.5 Å². The average Bonchev–Trinajstić information content (AvgIpc) is 2.23. The molecule has 1 aromatic heterocycles. The minimum atomic E-state index is 0.439. The molecule has 14 heavy (non-hydrogen) atoms. The highest BCUT2D eigenvalue weighted by atomic mass is 35.5. The van der Waals surface area contributed by atoms with Crippen LogP contribution in [0.5, 0.6) is 0 Å². The summed E-state index contributed by atoms with van der Waals surface area (Å²) in [6.45, 7) is 0. The Bertz CT molecular complexity index is 544. The standard InChI is InChI=1S/C10H4Cl2N2/c11-9-2-1-7-6(3-13)4-14-5-8(7)10(9)12/h1-2,4-5H. The number of pyridine rings is 1. The van der Waals surface area contributed by atoms with E-state index in [9.17, 15) is 0 Å². The van der Waals surface area contributed by atoms with E-state index in [-0.39, 0.29) is 0 Å². The number of nitrogens with zero attached hydrogens (tertiary/aromatic N) is 2. The maximum absolute atomic E-state index is 8.83. The fourth-order valence-corrected chi connectivity index (χ4v) is 1.65. The summed E-state index contributed by atoms with van der Waals surface area (Å²) in [6.07, 6.45) is 3.11. The topological polar surface area (TPSA) is 36.7 Å². The van der Waals surface area contributed by atoms with Crippen molar-refractivity contribution in [3.05, 3.63) is 40.1 Å². The van der Waals surface area contributed by atoms with Gasteiger partial charge in [0.2, 0.25) is 0 Å². The maximum Gasteiger partial charge on any atom is 0.101 e. The molecule has 0 aliphatic rings. The molecule has 2 nitrogen and oxygen atoms in total. The lowest BCUT2D eigenvalue weighted by Crippen LogP contribution is -1.83. The summed E-state index contributed by atoms with van der Waals surface area (Å²) < 4.78 is 0. The van der Waals surface area contributed by atoms with Crippen molar-refractivity contribution in [3.8, 4) is 6.07 Å². The molecule has 0 bridgehead atoms. The van der Waals surface area contributed by atoms with Gasteiger partial charge in [0, 0.05) is 23.2 Å². The van der Waals surface area contributed by atoms with Crippen molar-refractivity contribution in [2.75, 3.05) is 0 Å². The van der Waals surface area contributed by atoms with Gasteiger partial charge in [-0.3, -0.25) is 4.98 Å². The molecule has 0 aliphatic heterocycles. The number of nitriles is 1. The highest BCUT2D eigenvalue weighted by Gasteiger charge is 2.06. The van der Waals surface area contributed by atoms with Crippen molar-refractivity contribution in [2.45, 2.75) is 0 Å². The summed E-state index contributed by atoms with van der Waals surface area (Å²) in [5.41, 5.74) is 0.501. The molecule has 0 spiro atoms. The van der Waals surface area contributed by atoms with Crippen LogP contribution in [-0.4, -0.2) is 4.98 Å². The quantitative estimate of drug-likeness (QED) is 0.686. The predicted molar refractivity (Wildman–Crippen MR) is 56.5 cm³/mol. The van der Waals surface area contributed by atoms with Crippen LogP contribution in [0, 0.1) is 11.3 Å². The number of hydrogen-bond acceptors (Lipinski definition) is 2. The van der Waals surface area contributed by atoms with Gasteiger partial charge in [0.1, 0.15) is 6.07 Å². The van der Waals surface area contributed by atoms with Gasteiger partial charge in [-0.2, -0.15) is 5.26 Å². The smallest absolute Gasteiger partial charge is 0.101 e. The Morgan fingerprint density at radius 1 is 1.14 bits per heavy atom. The summed E-state index contributed by atoms with van der Waals surface area (Å²) in [6, 6.07) is 5.49. The van der Waals surface area contributed by atoms with Crippen molar-refractivity contribution in [2.24, 2.45) is 0 Å². The third kappa shape index (κ3) is 1.31. The molecule has 1 aromatic carbocycles. The minimum absolute atomic E-state index is 0.439. The SMILES string of the molecule is N#Cc1cncc2c(Cl)c(Cl)ccc12. The van der Waals surface area contributed by atoms with Gasteiger partial charge >= 0.3 is 0 Å². The highest BCUT2D eigenvalue weighted by Crippen LogP contribution is 2.31. The van der Waals surface area contributed by atoms with Crippen molar-refractivity contribution in [1.82, 2.24) is 4.98 Å². The Morgan fingerprint density at radius 2 is 1.93 bits per heavy atom. The summed E-state index contributed by atoms with van der Waals surface area (Å²) in [5, 5.41) is 11.2. The maximum atomic E-state index is 8.83. The van der Waals surface area contributed by atoms with Crippen LogP contribution < -0.4 is 0 Å². The number of fused-ring (bicyclic) bond motifs is 1. The second-order valence-corrected chi connectivity index (χ2v) is 3.54. The summed E-state index contributed by atoms with van der Waals surface area (Å²) in [4.78, 5) is 3.92. The molecule has 2 rings (SSSR count). The molecule has 68 valence electrons. The van der Waals surface area contributed by atoms with E-state index in [1.165, 1.54) is 6.20 Å². The zero-order valence-electron chi connectivity index (χ0n) is 6.96. The number of aromatic nitrogens is 1. The zero-order chi connectivity index (χ0) is 10.1. The van der Waals surface area contributed by atoms with Crippen LogP contribution in [-0.2, 0) is 0 Å². The van der Waals surface area contributed by atoms with Crippen LogP contribution >= 0.6 is 23.2 Å². The molecule has 0 amide bonds. The molecule has 0 unspecified atom stereocenters. The van der Waals surface area contributed by atoms with Crippen LogP contribution in [0.3, 0.4) is 0 Å². The van der Waals surface area contributed by atoms with E-state index in [4.69, 9.17) is 28.5 Å². The molecule has 0 N–H and O–H groups in total. The Labute approximate surface area is 90.7 Å². The minimum Gasteiger partial charge on any atom is -0.263 e. The van der Waals surface area contributed by atoms with E-state index in [2.05, 4.69) is 11.1 Å². The van der Waals surface area contributed by atoms with Crippen LogP contribution in [0.2, 0.25) is 10.0 Å². The lowest BCUT2D eigenvalue weighted by molar-refractivity contribution is 1.34. The fraction of sp³-hybridized carbons (Fsp3) is 0. The Kier molecular flexibility index (Phi) is 2.28. The van der Waals surface area contributed by atoms with Gasteiger partial charge < -0.3 is 0 Å². The van der Waals surface area contributed by atoms with Crippen molar-refractivity contribution >= 4 is 34.0 Å². The Hall–Kier alpha value is -1.30. The van der Waals surface area contributed by atoms with Gasteiger partial charge in [0.05, 0.1) is 15.6 Å². The molecule has 4 heteroatoms. The van der Waals surface area contributed by atoms with E-state index in [1.807, 2.05) is 0 Å². The van der Waals surface area contributed by atoms with E-state index in [0.29, 0.717) is 21.0 Å². The van der Waals surface area contributed by atoms with E-state index in [0.717, 1.165) is 5.39 Å². The molecule has 0 saturated carbocycles. The summed E-state index contributed by atoms with van der Waals surface area (Å²) in [7, 11) is 0. The van der Waals surface area contributed by atoms with Gasteiger partial charge in [-0.25, -0.2) is 0 Å². The van der Waals surface area contributed by atoms with Crippen LogP contribution in [0.1, 0.15) is 5.56 Å². The number of hydrogen-bond donors (Lipinski definition) is 0. The van der Waals surface area contributed by atoms with Crippen molar-refractivity contribution < 1.29 is 0 Å². The second-order valence-electron chi connectivity index (χ2n) is 2.76. The zero-order valence-corrected chi connectivity index (χ0v) is 8.47. The molecule has 0 fully saturated rings. The Balaban J connectivity index is 2.95. The number of rotatable bonds is 0.